The van der Waals surface area contributed by atoms with E-state index in [-0.39, 0.29) is 11.9 Å². The van der Waals surface area contributed by atoms with Gasteiger partial charge in [0.25, 0.3) is 0 Å². The molecule has 4 rings (SSSR count). The van der Waals surface area contributed by atoms with Gasteiger partial charge in [-0.1, -0.05) is 84.7 Å². The van der Waals surface area contributed by atoms with E-state index in [0.29, 0.717) is 36.2 Å². The van der Waals surface area contributed by atoms with Crippen LogP contribution >= 0.6 is 23.2 Å². The van der Waals surface area contributed by atoms with Crippen LogP contribution in [0.3, 0.4) is 0 Å². The predicted octanol–water partition coefficient (Wildman–Crippen LogP) is 5.44. The highest BCUT2D eigenvalue weighted by Gasteiger charge is 2.27. The summed E-state index contributed by atoms with van der Waals surface area (Å²) >= 11 is 12.5. The summed E-state index contributed by atoms with van der Waals surface area (Å²) in [6, 6.07) is 23.6. The third-order valence-corrected chi connectivity index (χ3v) is 7.33. The van der Waals surface area contributed by atoms with Crippen LogP contribution < -0.4 is 10.1 Å². The normalized spacial score (nSPS) is 15.0. The molecule has 1 heterocycles. The van der Waals surface area contributed by atoms with Gasteiger partial charge in [-0.2, -0.15) is 0 Å². The van der Waals surface area contributed by atoms with Crippen molar-refractivity contribution >= 4 is 29.1 Å². The minimum absolute atomic E-state index is 0.154. The quantitative estimate of drug-likeness (QED) is 0.382. The number of halogens is 2. The summed E-state index contributed by atoms with van der Waals surface area (Å²) in [7, 11) is 0. The number of nitrogens with one attached hydrogen (secondary N) is 1. The first-order valence-corrected chi connectivity index (χ1v) is 13.2. The summed E-state index contributed by atoms with van der Waals surface area (Å²) in [4.78, 5) is 17.7. The highest BCUT2D eigenvalue weighted by Crippen LogP contribution is 2.27. The summed E-state index contributed by atoms with van der Waals surface area (Å²) in [5.41, 5.74) is 3.26. The Morgan fingerprint density at radius 1 is 0.917 bits per heavy atom. The van der Waals surface area contributed by atoms with E-state index in [1.54, 1.807) is 6.07 Å². The molecule has 0 unspecified atom stereocenters. The second-order valence-electron chi connectivity index (χ2n) is 9.05. The number of carbonyl (C=O) groups excluding carboxylic acids is 1. The molecule has 1 fully saturated rings. The standard InChI is InChI=1S/C29H33Cl2N3O2/c1-2-32-27(19-22-11-13-25(14-12-22)36-21-23-7-4-3-5-8-23)29(35)34-17-15-33(16-18-34)20-24-9-6-10-26(30)28(24)31/h3-14,27,32H,2,15-21H2,1H3/t27-/m0/s1. The Bertz CT molecular complexity index is 1120. The van der Waals surface area contributed by atoms with Crippen LogP contribution in [0.5, 0.6) is 5.75 Å². The van der Waals surface area contributed by atoms with Crippen LogP contribution in [0.2, 0.25) is 10.0 Å². The number of rotatable bonds is 10. The van der Waals surface area contributed by atoms with Crippen molar-refractivity contribution in [1.82, 2.24) is 15.1 Å². The van der Waals surface area contributed by atoms with Gasteiger partial charge in [-0.3, -0.25) is 9.69 Å². The minimum atomic E-state index is -0.250. The van der Waals surface area contributed by atoms with E-state index in [4.69, 9.17) is 27.9 Å². The number of amides is 1. The number of carbonyl (C=O) groups is 1. The van der Waals surface area contributed by atoms with Gasteiger partial charge in [0.05, 0.1) is 16.1 Å². The Morgan fingerprint density at radius 2 is 1.64 bits per heavy atom. The molecule has 3 aromatic carbocycles. The van der Waals surface area contributed by atoms with Crippen molar-refractivity contribution in [2.75, 3.05) is 32.7 Å². The van der Waals surface area contributed by atoms with Gasteiger partial charge in [0.1, 0.15) is 12.4 Å². The number of piperazine rings is 1. The van der Waals surface area contributed by atoms with Gasteiger partial charge in [0, 0.05) is 32.7 Å². The molecule has 1 atom stereocenters. The third-order valence-electron chi connectivity index (χ3n) is 6.47. The molecule has 0 spiro atoms. The van der Waals surface area contributed by atoms with E-state index in [1.807, 2.05) is 78.6 Å². The highest BCUT2D eigenvalue weighted by molar-refractivity contribution is 6.42. The molecule has 1 amide bonds. The molecule has 1 aliphatic rings. The zero-order chi connectivity index (χ0) is 25.3. The van der Waals surface area contributed by atoms with E-state index in [0.717, 1.165) is 48.6 Å². The molecule has 1 N–H and O–H groups in total. The molecule has 190 valence electrons. The molecule has 36 heavy (non-hydrogen) atoms. The molecule has 0 saturated carbocycles. The van der Waals surface area contributed by atoms with Crippen molar-refractivity contribution in [2.24, 2.45) is 0 Å². The summed E-state index contributed by atoms with van der Waals surface area (Å²) in [6.45, 7) is 7.05. The summed E-state index contributed by atoms with van der Waals surface area (Å²) < 4.78 is 5.90. The fourth-order valence-electron chi connectivity index (χ4n) is 4.45. The molecule has 5 nitrogen and oxygen atoms in total. The minimum Gasteiger partial charge on any atom is -0.489 e. The van der Waals surface area contributed by atoms with Crippen LogP contribution in [0, 0.1) is 0 Å². The van der Waals surface area contributed by atoms with Gasteiger partial charge in [-0.05, 0) is 47.9 Å². The Hall–Kier alpha value is -2.57. The molecule has 0 aromatic heterocycles. The Morgan fingerprint density at radius 3 is 2.33 bits per heavy atom. The van der Waals surface area contributed by atoms with Crippen LogP contribution in [0.15, 0.2) is 72.8 Å². The van der Waals surface area contributed by atoms with Crippen LogP contribution in [0.1, 0.15) is 23.6 Å². The first-order valence-electron chi connectivity index (χ1n) is 12.5. The van der Waals surface area contributed by atoms with Gasteiger partial charge in [0.15, 0.2) is 0 Å². The molecule has 1 aliphatic heterocycles. The number of benzene rings is 3. The van der Waals surface area contributed by atoms with Crippen LogP contribution in [0.25, 0.3) is 0 Å². The first kappa shape index (κ1) is 26.5. The van der Waals surface area contributed by atoms with Crippen molar-refractivity contribution in [3.8, 4) is 5.75 Å². The molecular formula is C29H33Cl2N3O2. The van der Waals surface area contributed by atoms with Crippen LogP contribution in [-0.2, 0) is 24.4 Å². The summed E-state index contributed by atoms with van der Waals surface area (Å²) in [5.74, 6) is 0.978. The molecule has 0 bridgehead atoms. The Kier molecular flexibility index (Phi) is 9.65. The topological polar surface area (TPSA) is 44.8 Å². The maximum absolute atomic E-state index is 13.4. The average Bonchev–Trinajstić information content (AvgIpc) is 2.91. The lowest BCUT2D eigenvalue weighted by atomic mass is 10.0. The van der Waals surface area contributed by atoms with Gasteiger partial charge in [-0.25, -0.2) is 0 Å². The van der Waals surface area contributed by atoms with Crippen molar-refractivity contribution in [2.45, 2.75) is 32.5 Å². The first-order chi connectivity index (χ1) is 17.5. The predicted molar refractivity (Wildman–Crippen MR) is 147 cm³/mol. The molecule has 3 aromatic rings. The fourth-order valence-corrected chi connectivity index (χ4v) is 4.83. The second kappa shape index (κ2) is 13.1. The van der Waals surface area contributed by atoms with Crippen LogP contribution in [-0.4, -0.2) is 54.5 Å². The zero-order valence-corrected chi connectivity index (χ0v) is 22.1. The number of likely N-dealkylation sites (N-methyl/N-ethyl adjacent to an activating group) is 1. The summed E-state index contributed by atoms with van der Waals surface area (Å²) in [6.07, 6.45) is 0.643. The van der Waals surface area contributed by atoms with E-state index in [1.165, 1.54) is 0 Å². The maximum Gasteiger partial charge on any atom is 0.240 e. The lowest BCUT2D eigenvalue weighted by Crippen LogP contribution is -2.54. The smallest absolute Gasteiger partial charge is 0.240 e. The number of ether oxygens (including phenoxy) is 1. The SMILES string of the molecule is CCN[C@@H](Cc1ccc(OCc2ccccc2)cc1)C(=O)N1CCN(Cc2cccc(Cl)c2Cl)CC1. The molecular weight excluding hydrogens is 493 g/mol. The van der Waals surface area contributed by atoms with Crippen molar-refractivity contribution in [1.29, 1.82) is 0 Å². The molecule has 7 heteroatoms. The highest BCUT2D eigenvalue weighted by atomic mass is 35.5. The molecule has 0 radical (unpaired) electrons. The van der Waals surface area contributed by atoms with Crippen molar-refractivity contribution < 1.29 is 9.53 Å². The van der Waals surface area contributed by atoms with Crippen molar-refractivity contribution in [3.63, 3.8) is 0 Å². The number of hydrogen-bond acceptors (Lipinski definition) is 4. The largest absolute Gasteiger partial charge is 0.489 e. The third kappa shape index (κ3) is 7.23. The molecule has 1 saturated heterocycles. The van der Waals surface area contributed by atoms with Gasteiger partial charge in [0.2, 0.25) is 5.91 Å². The van der Waals surface area contributed by atoms with E-state index < -0.39 is 0 Å². The second-order valence-corrected chi connectivity index (χ2v) is 9.83. The molecule has 0 aliphatic carbocycles. The lowest BCUT2D eigenvalue weighted by Gasteiger charge is -2.36. The fraction of sp³-hybridized carbons (Fsp3) is 0.345. The van der Waals surface area contributed by atoms with Gasteiger partial charge < -0.3 is 15.0 Å². The lowest BCUT2D eigenvalue weighted by molar-refractivity contribution is -0.135. The Balaban J connectivity index is 1.29. The number of hydrogen-bond donors (Lipinski definition) is 1. The van der Waals surface area contributed by atoms with E-state index in [2.05, 4.69) is 10.2 Å². The zero-order valence-electron chi connectivity index (χ0n) is 20.6. The van der Waals surface area contributed by atoms with E-state index >= 15 is 0 Å². The average molecular weight is 527 g/mol. The number of nitrogens with zero attached hydrogens (tertiary/aromatic N) is 2. The van der Waals surface area contributed by atoms with Crippen LogP contribution in [0.4, 0.5) is 0 Å². The van der Waals surface area contributed by atoms with E-state index in [9.17, 15) is 4.79 Å². The Labute approximate surface area is 224 Å². The maximum atomic E-state index is 13.4. The van der Waals surface area contributed by atoms with Gasteiger partial charge in [-0.15, -0.1) is 0 Å². The summed E-state index contributed by atoms with van der Waals surface area (Å²) in [5, 5.41) is 4.57. The van der Waals surface area contributed by atoms with Crippen molar-refractivity contribution in [3.05, 3.63) is 99.5 Å². The monoisotopic (exact) mass is 525 g/mol. The van der Waals surface area contributed by atoms with Gasteiger partial charge >= 0.3 is 0 Å².